The van der Waals surface area contributed by atoms with Crippen molar-refractivity contribution < 1.29 is 0 Å². The van der Waals surface area contributed by atoms with Crippen LogP contribution in [0.15, 0.2) is 0 Å². The second kappa shape index (κ2) is 5.50. The van der Waals surface area contributed by atoms with Crippen LogP contribution >= 0.6 is 0 Å². The van der Waals surface area contributed by atoms with Crippen molar-refractivity contribution in [3.63, 3.8) is 0 Å². The Kier molecular flexibility index (Phi) is 3.65. The molecule has 5 aliphatic carbocycles. The number of rotatable bonds is 2. The van der Waals surface area contributed by atoms with Crippen LogP contribution in [0.25, 0.3) is 0 Å². The van der Waals surface area contributed by atoms with Gasteiger partial charge in [-0.15, -0.1) is 0 Å². The van der Waals surface area contributed by atoms with E-state index in [-0.39, 0.29) is 0 Å². The molecule has 0 aliphatic heterocycles. The van der Waals surface area contributed by atoms with Gasteiger partial charge in [0.25, 0.3) is 0 Å². The molecule has 9 atom stereocenters. The molecule has 0 nitrogen and oxygen atoms in total. The zero-order valence-corrected chi connectivity index (χ0v) is 15.6. The predicted octanol–water partition coefficient (Wildman–Crippen LogP) is 6.69. The van der Waals surface area contributed by atoms with Crippen LogP contribution in [0.3, 0.4) is 0 Å². The molecule has 0 heteroatoms. The molecule has 0 N–H and O–H groups in total. The van der Waals surface area contributed by atoms with Gasteiger partial charge in [0.1, 0.15) is 0 Å². The Bertz CT molecular complexity index is 453. The Hall–Kier alpha value is 0. The summed E-state index contributed by atoms with van der Waals surface area (Å²) in [5.41, 5.74) is 0.809. The molecule has 5 aliphatic rings. The van der Waals surface area contributed by atoms with Crippen LogP contribution in [-0.2, 0) is 0 Å². The molecule has 0 saturated heterocycles. The van der Waals surface area contributed by atoms with Crippen LogP contribution in [0, 0.1) is 52.8 Å². The highest BCUT2D eigenvalue weighted by atomic mass is 14.6. The first kappa shape index (κ1) is 15.3. The second-order valence-electron chi connectivity index (χ2n) is 10.9. The summed E-state index contributed by atoms with van der Waals surface area (Å²) in [5, 5.41) is 0. The van der Waals surface area contributed by atoms with Crippen molar-refractivity contribution in [2.75, 3.05) is 0 Å². The first-order valence-electron chi connectivity index (χ1n) is 11.1. The first-order chi connectivity index (χ1) is 11.1. The van der Waals surface area contributed by atoms with Gasteiger partial charge in [0.2, 0.25) is 0 Å². The smallest absolute Gasteiger partial charge is 0.0292 e. The SMILES string of the molecule is CC1CCC2CC3CCCCC3C2CC1CC1CC2(C)CCC12. The lowest BCUT2D eigenvalue weighted by Gasteiger charge is -2.63. The zero-order valence-electron chi connectivity index (χ0n) is 15.6. The molecule has 0 heterocycles. The quantitative estimate of drug-likeness (QED) is 0.532. The highest BCUT2D eigenvalue weighted by Crippen LogP contribution is 2.66. The van der Waals surface area contributed by atoms with E-state index in [2.05, 4.69) is 13.8 Å². The monoisotopic (exact) mass is 314 g/mol. The molecule has 9 unspecified atom stereocenters. The van der Waals surface area contributed by atoms with Gasteiger partial charge in [0.05, 0.1) is 0 Å². The largest absolute Gasteiger partial charge is 0.0622 e. The minimum Gasteiger partial charge on any atom is -0.0622 e. The van der Waals surface area contributed by atoms with Crippen LogP contribution in [0.1, 0.15) is 90.9 Å². The molecule has 23 heavy (non-hydrogen) atoms. The van der Waals surface area contributed by atoms with Crippen molar-refractivity contribution in [3.05, 3.63) is 0 Å². The van der Waals surface area contributed by atoms with Gasteiger partial charge in [-0.1, -0.05) is 39.5 Å². The van der Waals surface area contributed by atoms with Crippen molar-refractivity contribution in [1.82, 2.24) is 0 Å². The van der Waals surface area contributed by atoms with Crippen LogP contribution in [0.2, 0.25) is 0 Å². The van der Waals surface area contributed by atoms with E-state index in [0.29, 0.717) is 0 Å². The van der Waals surface area contributed by atoms with E-state index in [9.17, 15) is 0 Å². The molecule has 130 valence electrons. The third-order valence-corrected chi connectivity index (χ3v) is 9.93. The Morgan fingerprint density at radius 1 is 0.826 bits per heavy atom. The van der Waals surface area contributed by atoms with Crippen LogP contribution < -0.4 is 0 Å². The average molecular weight is 315 g/mol. The van der Waals surface area contributed by atoms with E-state index in [1.54, 1.807) is 77.0 Å². The van der Waals surface area contributed by atoms with Gasteiger partial charge in [0, 0.05) is 0 Å². The molecule has 5 rings (SSSR count). The molecule has 0 aromatic heterocycles. The van der Waals surface area contributed by atoms with Gasteiger partial charge in [-0.2, -0.15) is 0 Å². The number of hydrogen-bond acceptors (Lipinski definition) is 0. The lowest BCUT2D eigenvalue weighted by molar-refractivity contribution is -0.130. The summed E-state index contributed by atoms with van der Waals surface area (Å²) in [4.78, 5) is 0. The minimum atomic E-state index is 0.809. The first-order valence-corrected chi connectivity index (χ1v) is 11.1. The van der Waals surface area contributed by atoms with Gasteiger partial charge in [-0.3, -0.25) is 0 Å². The zero-order chi connectivity index (χ0) is 15.6. The molecule has 5 saturated carbocycles. The maximum Gasteiger partial charge on any atom is -0.0292 e. The lowest BCUT2D eigenvalue weighted by atomic mass is 9.42. The minimum absolute atomic E-state index is 0.809. The summed E-state index contributed by atoms with van der Waals surface area (Å²) < 4.78 is 0. The maximum atomic E-state index is 2.61. The van der Waals surface area contributed by atoms with Gasteiger partial charge in [-0.25, -0.2) is 0 Å². The van der Waals surface area contributed by atoms with E-state index in [1.165, 1.54) is 0 Å². The summed E-state index contributed by atoms with van der Waals surface area (Å²) in [6.45, 7) is 5.19. The fourth-order valence-corrected chi connectivity index (χ4v) is 8.41. The van der Waals surface area contributed by atoms with Crippen molar-refractivity contribution in [3.8, 4) is 0 Å². The Morgan fingerprint density at radius 2 is 1.65 bits per heavy atom. The number of fused-ring (bicyclic) bond motifs is 4. The fourth-order valence-electron chi connectivity index (χ4n) is 8.41. The molecular weight excluding hydrogens is 276 g/mol. The molecule has 0 radical (unpaired) electrons. The van der Waals surface area contributed by atoms with E-state index < -0.39 is 0 Å². The van der Waals surface area contributed by atoms with Crippen LogP contribution in [0.5, 0.6) is 0 Å². The molecule has 0 amide bonds. The van der Waals surface area contributed by atoms with Crippen molar-refractivity contribution in [1.29, 1.82) is 0 Å². The summed E-state index contributed by atoms with van der Waals surface area (Å²) in [7, 11) is 0. The molecule has 0 aromatic rings. The molecule has 0 spiro atoms. The van der Waals surface area contributed by atoms with Gasteiger partial charge < -0.3 is 0 Å². The second-order valence-corrected chi connectivity index (χ2v) is 10.9. The summed E-state index contributed by atoms with van der Waals surface area (Å²) in [6, 6.07) is 0. The van der Waals surface area contributed by atoms with E-state index >= 15 is 0 Å². The summed E-state index contributed by atoms with van der Waals surface area (Å²) in [5.74, 6) is 8.94. The van der Waals surface area contributed by atoms with Gasteiger partial charge in [0.15, 0.2) is 0 Å². The fraction of sp³-hybridized carbons (Fsp3) is 1.00. The van der Waals surface area contributed by atoms with Crippen molar-refractivity contribution >= 4 is 0 Å². The highest BCUT2D eigenvalue weighted by Gasteiger charge is 2.57. The average Bonchev–Trinajstić information content (AvgIpc) is 2.81. The molecule has 0 bridgehead atoms. The van der Waals surface area contributed by atoms with E-state index in [0.717, 1.165) is 52.8 Å². The van der Waals surface area contributed by atoms with E-state index in [4.69, 9.17) is 0 Å². The van der Waals surface area contributed by atoms with Crippen molar-refractivity contribution in [2.24, 2.45) is 52.8 Å². The van der Waals surface area contributed by atoms with E-state index in [1.807, 2.05) is 0 Å². The topological polar surface area (TPSA) is 0 Å². The number of hydrogen-bond donors (Lipinski definition) is 0. The standard InChI is InChI=1S/C23H38/c1-15-7-8-17-11-16-5-3-4-6-20(16)21(17)13-18(15)12-19-14-23(2)10-9-22(19)23/h15-22H,3-14H2,1-2H3. The third-order valence-electron chi connectivity index (χ3n) is 9.93. The highest BCUT2D eigenvalue weighted by molar-refractivity contribution is 5.06. The predicted molar refractivity (Wildman–Crippen MR) is 97.1 cm³/mol. The van der Waals surface area contributed by atoms with Crippen LogP contribution in [0.4, 0.5) is 0 Å². The maximum absolute atomic E-state index is 2.61. The summed E-state index contributed by atoms with van der Waals surface area (Å²) >= 11 is 0. The Morgan fingerprint density at radius 3 is 2.39 bits per heavy atom. The Labute approximate surface area is 144 Å². The lowest BCUT2D eigenvalue weighted by Crippen LogP contribution is -2.54. The van der Waals surface area contributed by atoms with Crippen LogP contribution in [-0.4, -0.2) is 0 Å². The van der Waals surface area contributed by atoms with Crippen molar-refractivity contribution in [2.45, 2.75) is 90.9 Å². The van der Waals surface area contributed by atoms with Gasteiger partial charge in [-0.05, 0) is 104 Å². The Balaban J connectivity index is 1.28. The third kappa shape index (κ3) is 2.36. The normalized spacial score (nSPS) is 58.2. The summed E-state index contributed by atoms with van der Waals surface area (Å²) in [6.07, 6.45) is 19.0. The molecular formula is C23H38. The molecule has 5 fully saturated rings. The molecule has 0 aromatic carbocycles. The van der Waals surface area contributed by atoms with Gasteiger partial charge >= 0.3 is 0 Å².